The highest BCUT2D eigenvalue weighted by atomic mass is 16.5. The molecule has 0 bridgehead atoms. The van der Waals surface area contributed by atoms with Gasteiger partial charge in [0, 0.05) is 26.2 Å². The van der Waals surface area contributed by atoms with E-state index in [0.717, 1.165) is 44.1 Å². The highest BCUT2D eigenvalue weighted by Crippen LogP contribution is 2.42. The van der Waals surface area contributed by atoms with Crippen molar-refractivity contribution in [1.29, 1.82) is 0 Å². The van der Waals surface area contributed by atoms with Crippen LogP contribution >= 0.6 is 0 Å². The van der Waals surface area contributed by atoms with Crippen LogP contribution in [0, 0.1) is 0 Å². The van der Waals surface area contributed by atoms with Gasteiger partial charge in [0.05, 0.1) is 33.4 Å². The Kier molecular flexibility index (Phi) is 6.92. The monoisotopic (exact) mass is 404 g/mol. The van der Waals surface area contributed by atoms with E-state index < -0.39 is 0 Å². The van der Waals surface area contributed by atoms with Crippen LogP contribution in [-0.4, -0.2) is 84.1 Å². The van der Waals surface area contributed by atoms with Gasteiger partial charge < -0.3 is 19.1 Å². The Hall–Kier alpha value is -2.39. The zero-order valence-electron chi connectivity index (χ0n) is 18.3. The average molecular weight is 405 g/mol. The van der Waals surface area contributed by atoms with Crippen molar-refractivity contribution in [1.82, 2.24) is 30.0 Å². The van der Waals surface area contributed by atoms with E-state index in [2.05, 4.69) is 46.1 Å². The fourth-order valence-corrected chi connectivity index (χ4v) is 3.87. The van der Waals surface area contributed by atoms with Crippen molar-refractivity contribution in [2.24, 2.45) is 0 Å². The molecule has 1 fully saturated rings. The third-order valence-corrected chi connectivity index (χ3v) is 5.47. The number of hydrogen-bond acceptors (Lipinski definition) is 8. The molecule has 0 radical (unpaired) electrons. The van der Waals surface area contributed by atoms with Crippen LogP contribution in [0.3, 0.4) is 0 Å². The molecule has 160 valence electrons. The lowest BCUT2D eigenvalue weighted by Crippen LogP contribution is -2.48. The molecule has 0 saturated carbocycles. The summed E-state index contributed by atoms with van der Waals surface area (Å²) in [6, 6.07) is 4.04. The number of nitrogens with zero attached hydrogens (tertiary/aromatic N) is 6. The zero-order valence-corrected chi connectivity index (χ0v) is 18.3. The lowest BCUT2D eigenvalue weighted by Gasteiger charge is -2.38. The number of piperazine rings is 1. The molecule has 0 aliphatic carbocycles. The first-order valence-corrected chi connectivity index (χ1v) is 10.1. The van der Waals surface area contributed by atoms with Gasteiger partial charge >= 0.3 is 0 Å². The number of benzene rings is 1. The van der Waals surface area contributed by atoms with Crippen LogP contribution in [0.1, 0.15) is 44.2 Å². The van der Waals surface area contributed by atoms with Gasteiger partial charge in [-0.1, -0.05) is 6.92 Å². The van der Waals surface area contributed by atoms with Crippen LogP contribution in [0.4, 0.5) is 0 Å². The van der Waals surface area contributed by atoms with Gasteiger partial charge in [0.2, 0.25) is 5.75 Å². The van der Waals surface area contributed by atoms with Gasteiger partial charge in [0.15, 0.2) is 17.3 Å². The highest BCUT2D eigenvalue weighted by Gasteiger charge is 2.32. The van der Waals surface area contributed by atoms with Gasteiger partial charge in [0.25, 0.3) is 0 Å². The van der Waals surface area contributed by atoms with Crippen LogP contribution in [0.2, 0.25) is 0 Å². The largest absolute Gasteiger partial charge is 0.493 e. The summed E-state index contributed by atoms with van der Waals surface area (Å²) in [7, 11) is 4.88. The maximum atomic E-state index is 5.60. The van der Waals surface area contributed by atoms with E-state index in [1.165, 1.54) is 0 Å². The molecule has 1 aromatic carbocycles. The predicted octanol–water partition coefficient (Wildman–Crippen LogP) is 2.01. The quantitative estimate of drug-likeness (QED) is 0.661. The van der Waals surface area contributed by atoms with Crippen molar-refractivity contribution in [3.05, 3.63) is 23.5 Å². The second-order valence-electron chi connectivity index (χ2n) is 7.41. The molecule has 9 heteroatoms. The van der Waals surface area contributed by atoms with Gasteiger partial charge in [0.1, 0.15) is 0 Å². The summed E-state index contributed by atoms with van der Waals surface area (Å²) >= 11 is 0. The minimum absolute atomic E-state index is 0.111. The van der Waals surface area contributed by atoms with Crippen LogP contribution < -0.4 is 14.2 Å². The van der Waals surface area contributed by atoms with Crippen LogP contribution in [0.15, 0.2) is 12.1 Å². The number of ether oxygens (including phenoxy) is 3. The summed E-state index contributed by atoms with van der Waals surface area (Å²) in [6.07, 6.45) is 0. The Morgan fingerprint density at radius 2 is 1.59 bits per heavy atom. The summed E-state index contributed by atoms with van der Waals surface area (Å²) in [6.45, 7) is 11.3. The first-order chi connectivity index (χ1) is 14.0. The summed E-state index contributed by atoms with van der Waals surface area (Å²) in [5, 5.41) is 12.6. The molecule has 1 aliphatic heterocycles. The van der Waals surface area contributed by atoms with E-state index in [4.69, 9.17) is 14.2 Å². The summed E-state index contributed by atoms with van der Waals surface area (Å²) in [5.41, 5.74) is 1.01. The van der Waals surface area contributed by atoms with E-state index in [0.29, 0.717) is 17.2 Å². The van der Waals surface area contributed by atoms with Gasteiger partial charge in [-0.3, -0.25) is 4.90 Å². The van der Waals surface area contributed by atoms with Crippen molar-refractivity contribution >= 4 is 0 Å². The van der Waals surface area contributed by atoms with E-state index >= 15 is 0 Å². The molecule has 0 N–H and O–H groups in total. The second kappa shape index (κ2) is 9.41. The third-order valence-electron chi connectivity index (χ3n) is 5.47. The molecule has 1 atom stereocenters. The van der Waals surface area contributed by atoms with Gasteiger partial charge in [-0.05, 0) is 48.5 Å². The van der Waals surface area contributed by atoms with E-state index in [-0.39, 0.29) is 12.1 Å². The molecular formula is C20H32N6O3. The Balaban J connectivity index is 2.09. The number of likely N-dealkylation sites (N-methyl/N-ethyl adjacent to an activating group) is 1. The molecule has 1 saturated heterocycles. The summed E-state index contributed by atoms with van der Waals surface area (Å²) in [4.78, 5) is 4.88. The Bertz CT molecular complexity index is 776. The third kappa shape index (κ3) is 4.30. The molecule has 2 heterocycles. The first-order valence-electron chi connectivity index (χ1n) is 10.1. The van der Waals surface area contributed by atoms with Crippen molar-refractivity contribution in [3.63, 3.8) is 0 Å². The predicted molar refractivity (Wildman–Crippen MR) is 110 cm³/mol. The van der Waals surface area contributed by atoms with Crippen LogP contribution in [0.25, 0.3) is 0 Å². The smallest absolute Gasteiger partial charge is 0.203 e. The van der Waals surface area contributed by atoms with Crippen molar-refractivity contribution in [3.8, 4) is 17.2 Å². The topological polar surface area (TPSA) is 77.8 Å². The van der Waals surface area contributed by atoms with E-state index in [1.54, 1.807) is 21.3 Å². The van der Waals surface area contributed by atoms with E-state index in [9.17, 15) is 0 Å². The maximum Gasteiger partial charge on any atom is 0.203 e. The molecule has 1 aliphatic rings. The van der Waals surface area contributed by atoms with E-state index in [1.807, 2.05) is 16.8 Å². The van der Waals surface area contributed by atoms with Crippen molar-refractivity contribution in [2.75, 3.05) is 54.1 Å². The number of tetrazole rings is 1. The molecule has 3 rings (SSSR count). The number of hydrogen-bond donors (Lipinski definition) is 0. The average Bonchev–Trinajstić information content (AvgIpc) is 3.23. The molecule has 0 amide bonds. The highest BCUT2D eigenvalue weighted by molar-refractivity contribution is 5.55. The molecule has 9 nitrogen and oxygen atoms in total. The fourth-order valence-electron chi connectivity index (χ4n) is 3.87. The van der Waals surface area contributed by atoms with Gasteiger partial charge in [-0.2, -0.15) is 0 Å². The molecule has 2 aromatic rings. The van der Waals surface area contributed by atoms with Gasteiger partial charge in [-0.25, -0.2) is 4.68 Å². The SMILES string of the molecule is CCN1CCN(C(c2cc(OC)c(OC)c(OC)c2)c2nnnn2C(C)C)CC1. The first kappa shape index (κ1) is 21.3. The molecule has 29 heavy (non-hydrogen) atoms. The summed E-state index contributed by atoms with van der Waals surface area (Å²) < 4.78 is 18.6. The Labute approximate surface area is 172 Å². The number of aromatic nitrogens is 4. The van der Waals surface area contributed by atoms with Crippen molar-refractivity contribution in [2.45, 2.75) is 32.9 Å². The lowest BCUT2D eigenvalue weighted by atomic mass is 10.0. The number of methoxy groups -OCH3 is 3. The standard InChI is InChI=1S/C20H32N6O3/c1-7-24-8-10-25(11-9-24)18(20-21-22-23-26(20)14(2)3)15-12-16(27-4)19(29-6)17(13-15)28-5/h12-14,18H,7-11H2,1-6H3. The Morgan fingerprint density at radius 1 is 0.966 bits per heavy atom. The molecule has 1 unspecified atom stereocenters. The molecule has 1 aromatic heterocycles. The lowest BCUT2D eigenvalue weighted by molar-refractivity contribution is 0.107. The minimum atomic E-state index is -0.111. The van der Waals surface area contributed by atoms with Gasteiger partial charge in [-0.15, -0.1) is 5.10 Å². The molecule has 0 spiro atoms. The van der Waals surface area contributed by atoms with Crippen LogP contribution in [-0.2, 0) is 0 Å². The van der Waals surface area contributed by atoms with Crippen molar-refractivity contribution < 1.29 is 14.2 Å². The van der Waals surface area contributed by atoms with Crippen LogP contribution in [0.5, 0.6) is 17.2 Å². The normalized spacial score (nSPS) is 16.8. The molecular weight excluding hydrogens is 372 g/mol. The fraction of sp³-hybridized carbons (Fsp3) is 0.650. The minimum Gasteiger partial charge on any atom is -0.493 e. The zero-order chi connectivity index (χ0) is 21.0. The number of rotatable bonds is 8. The second-order valence-corrected chi connectivity index (χ2v) is 7.41. The Morgan fingerprint density at radius 3 is 2.07 bits per heavy atom. The maximum absolute atomic E-state index is 5.60. The summed E-state index contributed by atoms with van der Waals surface area (Å²) in [5.74, 6) is 2.65.